The van der Waals surface area contributed by atoms with E-state index in [-0.39, 0.29) is 12.1 Å². The zero-order valence-corrected chi connectivity index (χ0v) is 16.1. The largest absolute Gasteiger partial charge is 0.489 e. The van der Waals surface area contributed by atoms with Gasteiger partial charge in [0.2, 0.25) is 0 Å². The first kappa shape index (κ1) is 20.0. The summed E-state index contributed by atoms with van der Waals surface area (Å²) < 4.78 is 11.4. The van der Waals surface area contributed by atoms with Crippen LogP contribution in [0, 0.1) is 5.92 Å². The van der Waals surface area contributed by atoms with E-state index in [1.54, 1.807) is 12.1 Å². The Morgan fingerprint density at radius 1 is 0.962 bits per heavy atom. The maximum absolute atomic E-state index is 12.3. The quantitative estimate of drug-likeness (QED) is 0.386. The van der Waals surface area contributed by atoms with E-state index in [4.69, 9.17) is 9.47 Å². The molecule has 0 amide bonds. The number of carbonyl (C=O) groups excluding carboxylic acids is 1. The molecular weight excluding hydrogens is 324 g/mol. The van der Waals surface area contributed by atoms with Crippen molar-refractivity contribution in [3.05, 3.63) is 65.7 Å². The summed E-state index contributed by atoms with van der Waals surface area (Å²) in [5, 5.41) is 0. The monoisotopic (exact) mass is 354 g/mol. The minimum atomic E-state index is -0.269. The first-order chi connectivity index (χ1) is 12.6. The number of hydrogen-bond acceptors (Lipinski definition) is 3. The lowest BCUT2D eigenvalue weighted by Crippen LogP contribution is -2.22. The fourth-order valence-electron chi connectivity index (χ4n) is 2.73. The van der Waals surface area contributed by atoms with Gasteiger partial charge < -0.3 is 9.47 Å². The Balaban J connectivity index is 1.82. The number of carbonyl (C=O) groups is 1. The lowest BCUT2D eigenvalue weighted by atomic mass is 9.98. The van der Waals surface area contributed by atoms with Crippen molar-refractivity contribution in [2.24, 2.45) is 5.92 Å². The van der Waals surface area contributed by atoms with Gasteiger partial charge in [-0.15, -0.1) is 0 Å². The van der Waals surface area contributed by atoms with E-state index < -0.39 is 0 Å². The molecule has 2 aromatic carbocycles. The highest BCUT2D eigenvalue weighted by molar-refractivity contribution is 5.89. The normalized spacial score (nSPS) is 13.0. The third-order valence-corrected chi connectivity index (χ3v) is 4.70. The zero-order chi connectivity index (χ0) is 18.8. The summed E-state index contributed by atoms with van der Waals surface area (Å²) >= 11 is 0. The van der Waals surface area contributed by atoms with Crippen LogP contribution in [0.2, 0.25) is 0 Å². The van der Waals surface area contributed by atoms with Crippen LogP contribution in [0.1, 0.15) is 62.4 Å². The van der Waals surface area contributed by atoms with E-state index in [1.807, 2.05) is 49.4 Å². The van der Waals surface area contributed by atoms with Crippen LogP contribution in [0.5, 0.6) is 5.75 Å². The first-order valence-corrected chi connectivity index (χ1v) is 9.58. The Hall–Kier alpha value is -2.29. The average molecular weight is 354 g/mol. The SMILES string of the molecule is CCCCC[C@@H](C)[C@@H](C)OC(=O)c1ccc(OCc2ccccc2)cc1. The van der Waals surface area contributed by atoms with Crippen LogP contribution in [-0.4, -0.2) is 12.1 Å². The Labute approximate surface area is 157 Å². The Kier molecular flexibility index (Phi) is 8.20. The van der Waals surface area contributed by atoms with Crippen LogP contribution in [0.15, 0.2) is 54.6 Å². The van der Waals surface area contributed by atoms with Gasteiger partial charge in [-0.05, 0) is 49.1 Å². The number of rotatable bonds is 10. The second-order valence-corrected chi connectivity index (χ2v) is 6.88. The van der Waals surface area contributed by atoms with Crippen molar-refractivity contribution in [1.29, 1.82) is 0 Å². The second kappa shape index (κ2) is 10.6. The molecule has 0 bridgehead atoms. The van der Waals surface area contributed by atoms with Gasteiger partial charge >= 0.3 is 5.97 Å². The molecule has 2 rings (SSSR count). The average Bonchev–Trinajstić information content (AvgIpc) is 2.67. The molecule has 0 aliphatic rings. The summed E-state index contributed by atoms with van der Waals surface area (Å²) in [5.74, 6) is 0.847. The summed E-state index contributed by atoms with van der Waals surface area (Å²) in [4.78, 5) is 12.3. The molecule has 0 saturated carbocycles. The lowest BCUT2D eigenvalue weighted by Gasteiger charge is -2.20. The number of esters is 1. The molecule has 0 fully saturated rings. The molecule has 0 N–H and O–H groups in total. The summed E-state index contributed by atoms with van der Waals surface area (Å²) in [6, 6.07) is 17.2. The predicted octanol–water partition coefficient (Wildman–Crippen LogP) is 6.03. The van der Waals surface area contributed by atoms with Crippen molar-refractivity contribution < 1.29 is 14.3 Å². The molecule has 0 aliphatic heterocycles. The lowest BCUT2D eigenvalue weighted by molar-refractivity contribution is 0.0204. The van der Waals surface area contributed by atoms with Crippen molar-refractivity contribution in [2.45, 2.75) is 59.2 Å². The van der Waals surface area contributed by atoms with Gasteiger partial charge in [0.15, 0.2) is 0 Å². The van der Waals surface area contributed by atoms with E-state index in [9.17, 15) is 4.79 Å². The summed E-state index contributed by atoms with van der Waals surface area (Å²) in [7, 11) is 0. The fourth-order valence-corrected chi connectivity index (χ4v) is 2.73. The molecule has 0 aromatic heterocycles. The van der Waals surface area contributed by atoms with Gasteiger partial charge in [0.25, 0.3) is 0 Å². The van der Waals surface area contributed by atoms with E-state index in [0.29, 0.717) is 18.1 Å². The molecule has 0 heterocycles. The first-order valence-electron chi connectivity index (χ1n) is 9.58. The van der Waals surface area contributed by atoms with E-state index in [1.165, 1.54) is 19.3 Å². The third-order valence-electron chi connectivity index (χ3n) is 4.70. The Morgan fingerprint density at radius 2 is 1.65 bits per heavy atom. The topological polar surface area (TPSA) is 35.5 Å². The van der Waals surface area contributed by atoms with Crippen molar-refractivity contribution in [3.63, 3.8) is 0 Å². The molecule has 26 heavy (non-hydrogen) atoms. The molecule has 0 radical (unpaired) electrons. The maximum Gasteiger partial charge on any atom is 0.338 e. The van der Waals surface area contributed by atoms with Crippen LogP contribution >= 0.6 is 0 Å². The smallest absolute Gasteiger partial charge is 0.338 e. The van der Waals surface area contributed by atoms with Crippen LogP contribution in [0.25, 0.3) is 0 Å². The summed E-state index contributed by atoms with van der Waals surface area (Å²) in [6.07, 6.45) is 4.64. The van der Waals surface area contributed by atoms with Crippen LogP contribution in [0.3, 0.4) is 0 Å². The van der Waals surface area contributed by atoms with Gasteiger partial charge in [0, 0.05) is 0 Å². The van der Waals surface area contributed by atoms with Crippen molar-refractivity contribution in [1.82, 2.24) is 0 Å². The van der Waals surface area contributed by atoms with Crippen LogP contribution < -0.4 is 4.74 Å². The number of hydrogen-bond donors (Lipinski definition) is 0. The van der Waals surface area contributed by atoms with Gasteiger partial charge in [0.1, 0.15) is 18.5 Å². The molecule has 0 aliphatic carbocycles. The molecule has 0 unspecified atom stereocenters. The van der Waals surface area contributed by atoms with Gasteiger partial charge in [-0.25, -0.2) is 4.79 Å². The number of unbranched alkanes of at least 4 members (excludes halogenated alkanes) is 2. The summed E-state index contributed by atoms with van der Waals surface area (Å²) in [5.41, 5.74) is 1.67. The Bertz CT molecular complexity index is 649. The summed E-state index contributed by atoms with van der Waals surface area (Å²) in [6.45, 7) is 6.83. The van der Waals surface area contributed by atoms with Gasteiger partial charge in [-0.2, -0.15) is 0 Å². The molecule has 3 heteroatoms. The van der Waals surface area contributed by atoms with Crippen molar-refractivity contribution in [2.75, 3.05) is 0 Å². The Morgan fingerprint density at radius 3 is 2.31 bits per heavy atom. The maximum atomic E-state index is 12.3. The number of ether oxygens (including phenoxy) is 2. The standard InChI is InChI=1S/C23H30O3/c1-4-5-7-10-18(2)19(3)26-23(24)21-13-15-22(16-14-21)25-17-20-11-8-6-9-12-20/h6,8-9,11-16,18-19H,4-5,7,10,17H2,1-3H3/t18-,19-/m1/s1. The zero-order valence-electron chi connectivity index (χ0n) is 16.1. The molecule has 140 valence electrons. The van der Waals surface area contributed by atoms with Gasteiger partial charge in [-0.1, -0.05) is 63.4 Å². The molecular formula is C23H30O3. The van der Waals surface area contributed by atoms with Crippen molar-refractivity contribution >= 4 is 5.97 Å². The molecule has 0 saturated heterocycles. The third kappa shape index (κ3) is 6.55. The molecule has 0 spiro atoms. The highest BCUT2D eigenvalue weighted by Crippen LogP contribution is 2.19. The molecule has 2 atom stereocenters. The minimum absolute atomic E-state index is 0.0756. The highest BCUT2D eigenvalue weighted by atomic mass is 16.5. The van der Waals surface area contributed by atoms with Gasteiger partial charge in [0.05, 0.1) is 5.56 Å². The predicted molar refractivity (Wildman–Crippen MR) is 105 cm³/mol. The molecule has 2 aromatic rings. The van der Waals surface area contributed by atoms with E-state index in [2.05, 4.69) is 13.8 Å². The number of benzene rings is 2. The van der Waals surface area contributed by atoms with E-state index in [0.717, 1.165) is 17.7 Å². The highest BCUT2D eigenvalue weighted by Gasteiger charge is 2.17. The minimum Gasteiger partial charge on any atom is -0.489 e. The van der Waals surface area contributed by atoms with Crippen LogP contribution in [0.4, 0.5) is 0 Å². The van der Waals surface area contributed by atoms with E-state index >= 15 is 0 Å². The molecule has 3 nitrogen and oxygen atoms in total. The van der Waals surface area contributed by atoms with Gasteiger partial charge in [-0.3, -0.25) is 0 Å². The van der Waals surface area contributed by atoms with Crippen LogP contribution in [-0.2, 0) is 11.3 Å². The fraction of sp³-hybridized carbons (Fsp3) is 0.435. The van der Waals surface area contributed by atoms with Crippen molar-refractivity contribution in [3.8, 4) is 5.75 Å². The second-order valence-electron chi connectivity index (χ2n) is 6.88.